The molecule has 1 N–H and O–H groups in total. The molecule has 21 heavy (non-hydrogen) atoms. The third-order valence-electron chi connectivity index (χ3n) is 3.49. The predicted molar refractivity (Wildman–Crippen MR) is 83.8 cm³/mol. The van der Waals surface area contributed by atoms with Crippen LogP contribution >= 0.6 is 11.8 Å². The summed E-state index contributed by atoms with van der Waals surface area (Å²) in [6.45, 7) is 5.88. The van der Waals surface area contributed by atoms with Crippen molar-refractivity contribution in [3.05, 3.63) is 52.8 Å². The Morgan fingerprint density at radius 1 is 1.14 bits per heavy atom. The molecule has 4 nitrogen and oxygen atoms in total. The molecule has 1 aromatic carbocycles. The molecular formula is C16H18N2O2S. The maximum atomic E-state index is 11.5. The molecule has 1 heterocycles. The van der Waals surface area contributed by atoms with Crippen LogP contribution in [0, 0.1) is 20.8 Å². The van der Waals surface area contributed by atoms with E-state index in [1.807, 2.05) is 51.1 Å². The highest BCUT2D eigenvalue weighted by molar-refractivity contribution is 7.99. The first kappa shape index (κ1) is 15.5. The highest BCUT2D eigenvalue weighted by atomic mass is 32.2. The Morgan fingerprint density at radius 3 is 2.24 bits per heavy atom. The number of nitrogens with zero attached hydrogens (tertiary/aromatic N) is 2. The minimum atomic E-state index is -0.825. The molecule has 0 saturated heterocycles. The number of carboxylic acids is 1. The summed E-state index contributed by atoms with van der Waals surface area (Å²) in [4.78, 5) is 20.3. The predicted octanol–water partition coefficient (Wildman–Crippen LogP) is 3.36. The molecule has 0 aliphatic heterocycles. The number of aliphatic carboxylic acids is 1. The van der Waals surface area contributed by atoms with Gasteiger partial charge in [-0.25, -0.2) is 9.97 Å². The van der Waals surface area contributed by atoms with E-state index in [0.29, 0.717) is 10.9 Å². The zero-order chi connectivity index (χ0) is 15.4. The van der Waals surface area contributed by atoms with Crippen LogP contribution in [0.5, 0.6) is 0 Å². The van der Waals surface area contributed by atoms with Gasteiger partial charge in [-0.2, -0.15) is 0 Å². The molecule has 0 aliphatic carbocycles. The number of carbonyl (C=O) groups is 1. The van der Waals surface area contributed by atoms with Crippen LogP contribution in [0.2, 0.25) is 0 Å². The molecule has 2 rings (SSSR count). The van der Waals surface area contributed by atoms with Crippen molar-refractivity contribution in [2.45, 2.75) is 31.8 Å². The van der Waals surface area contributed by atoms with E-state index in [2.05, 4.69) is 9.97 Å². The standard InChI is InChI=1S/C16H18N2O2S/c1-10-11(2)17-16(18-12(10)3)21-9-14(15(19)20)13-7-5-4-6-8-13/h4-8,14H,9H2,1-3H3,(H,19,20). The van der Waals surface area contributed by atoms with E-state index in [4.69, 9.17) is 0 Å². The molecular weight excluding hydrogens is 284 g/mol. The van der Waals surface area contributed by atoms with Gasteiger partial charge in [0.2, 0.25) is 0 Å². The Kier molecular flexibility index (Phi) is 4.96. The molecule has 0 saturated carbocycles. The fraction of sp³-hybridized carbons (Fsp3) is 0.312. The zero-order valence-corrected chi connectivity index (χ0v) is 13.1. The van der Waals surface area contributed by atoms with Gasteiger partial charge >= 0.3 is 5.97 Å². The van der Waals surface area contributed by atoms with E-state index in [1.165, 1.54) is 11.8 Å². The Labute approximate surface area is 128 Å². The maximum Gasteiger partial charge on any atom is 0.311 e. The van der Waals surface area contributed by atoms with Crippen LogP contribution in [0.25, 0.3) is 0 Å². The van der Waals surface area contributed by atoms with Crippen molar-refractivity contribution in [2.24, 2.45) is 0 Å². The molecule has 0 bridgehead atoms. The fourth-order valence-corrected chi connectivity index (χ4v) is 3.01. The summed E-state index contributed by atoms with van der Waals surface area (Å²) in [6, 6.07) is 9.27. The summed E-state index contributed by atoms with van der Waals surface area (Å²) in [5, 5.41) is 10.0. The van der Waals surface area contributed by atoms with E-state index < -0.39 is 11.9 Å². The average molecular weight is 302 g/mol. The van der Waals surface area contributed by atoms with Gasteiger partial charge in [0.25, 0.3) is 0 Å². The van der Waals surface area contributed by atoms with Gasteiger partial charge in [-0.1, -0.05) is 42.1 Å². The van der Waals surface area contributed by atoms with Gasteiger partial charge in [0.05, 0.1) is 5.92 Å². The summed E-state index contributed by atoms with van der Waals surface area (Å²) in [5.74, 6) is -0.961. The van der Waals surface area contributed by atoms with Crippen molar-refractivity contribution in [2.75, 3.05) is 5.75 Å². The molecule has 110 valence electrons. The smallest absolute Gasteiger partial charge is 0.311 e. The van der Waals surface area contributed by atoms with Crippen molar-refractivity contribution in [1.29, 1.82) is 0 Å². The lowest BCUT2D eigenvalue weighted by molar-refractivity contribution is -0.138. The van der Waals surface area contributed by atoms with Crippen LogP contribution in [-0.2, 0) is 4.79 Å². The SMILES string of the molecule is Cc1nc(SCC(C(=O)O)c2ccccc2)nc(C)c1C. The first-order chi connectivity index (χ1) is 9.99. The number of hydrogen-bond donors (Lipinski definition) is 1. The summed E-state index contributed by atoms with van der Waals surface area (Å²) in [7, 11) is 0. The van der Waals surface area contributed by atoms with Crippen LogP contribution < -0.4 is 0 Å². The number of benzene rings is 1. The lowest BCUT2D eigenvalue weighted by atomic mass is 10.0. The zero-order valence-electron chi connectivity index (χ0n) is 12.3. The monoisotopic (exact) mass is 302 g/mol. The summed E-state index contributed by atoms with van der Waals surface area (Å²) in [5.41, 5.74) is 3.77. The van der Waals surface area contributed by atoms with Crippen molar-refractivity contribution < 1.29 is 9.90 Å². The summed E-state index contributed by atoms with van der Waals surface area (Å²) < 4.78 is 0. The number of aromatic nitrogens is 2. The molecule has 5 heteroatoms. The van der Waals surface area contributed by atoms with Gasteiger partial charge in [-0.15, -0.1) is 0 Å². The number of rotatable bonds is 5. The first-order valence-electron chi connectivity index (χ1n) is 6.71. The van der Waals surface area contributed by atoms with Gasteiger partial charge in [-0.05, 0) is 31.9 Å². The Balaban J connectivity index is 2.15. The third kappa shape index (κ3) is 3.82. The highest BCUT2D eigenvalue weighted by Gasteiger charge is 2.20. The van der Waals surface area contributed by atoms with Crippen LogP contribution in [0.15, 0.2) is 35.5 Å². The van der Waals surface area contributed by atoms with E-state index in [-0.39, 0.29) is 0 Å². The maximum absolute atomic E-state index is 11.5. The van der Waals surface area contributed by atoms with Crippen LogP contribution in [0.1, 0.15) is 28.4 Å². The second-order valence-corrected chi connectivity index (χ2v) is 5.90. The summed E-state index contributed by atoms with van der Waals surface area (Å²) >= 11 is 1.39. The average Bonchev–Trinajstić information content (AvgIpc) is 2.45. The third-order valence-corrected chi connectivity index (χ3v) is 4.43. The lowest BCUT2D eigenvalue weighted by Gasteiger charge is -2.12. The fourth-order valence-electron chi connectivity index (χ4n) is 1.96. The first-order valence-corrected chi connectivity index (χ1v) is 7.70. The second kappa shape index (κ2) is 6.72. The molecule has 1 unspecified atom stereocenters. The largest absolute Gasteiger partial charge is 0.481 e. The van der Waals surface area contributed by atoms with E-state index >= 15 is 0 Å². The molecule has 0 fully saturated rings. The Bertz CT molecular complexity index is 621. The minimum absolute atomic E-state index is 0.418. The molecule has 0 spiro atoms. The van der Waals surface area contributed by atoms with Crippen molar-refractivity contribution in [3.8, 4) is 0 Å². The van der Waals surface area contributed by atoms with E-state index in [0.717, 1.165) is 22.5 Å². The number of aryl methyl sites for hydroxylation is 2. The van der Waals surface area contributed by atoms with E-state index in [9.17, 15) is 9.90 Å². The molecule has 2 aromatic rings. The molecule has 0 amide bonds. The molecule has 0 aliphatic rings. The van der Waals surface area contributed by atoms with Gasteiger partial charge < -0.3 is 5.11 Å². The Hall–Kier alpha value is -1.88. The number of thioether (sulfide) groups is 1. The number of carboxylic acid groups (broad SMARTS) is 1. The van der Waals surface area contributed by atoms with Gasteiger partial charge in [-0.3, -0.25) is 4.79 Å². The van der Waals surface area contributed by atoms with Gasteiger partial charge in [0.1, 0.15) is 0 Å². The Morgan fingerprint density at radius 2 is 1.71 bits per heavy atom. The normalized spacial score (nSPS) is 12.1. The topological polar surface area (TPSA) is 63.1 Å². The minimum Gasteiger partial charge on any atom is -0.481 e. The quantitative estimate of drug-likeness (QED) is 0.678. The summed E-state index contributed by atoms with van der Waals surface area (Å²) in [6.07, 6.45) is 0. The van der Waals surface area contributed by atoms with Crippen LogP contribution in [0.3, 0.4) is 0 Å². The van der Waals surface area contributed by atoms with Gasteiger partial charge in [0.15, 0.2) is 5.16 Å². The molecule has 0 radical (unpaired) electrons. The van der Waals surface area contributed by atoms with Crippen molar-refractivity contribution in [1.82, 2.24) is 9.97 Å². The lowest BCUT2D eigenvalue weighted by Crippen LogP contribution is -2.14. The highest BCUT2D eigenvalue weighted by Crippen LogP contribution is 2.25. The van der Waals surface area contributed by atoms with Crippen LogP contribution in [0.4, 0.5) is 0 Å². The van der Waals surface area contributed by atoms with Crippen molar-refractivity contribution >= 4 is 17.7 Å². The van der Waals surface area contributed by atoms with Crippen LogP contribution in [-0.4, -0.2) is 26.8 Å². The van der Waals surface area contributed by atoms with Gasteiger partial charge in [0, 0.05) is 17.1 Å². The van der Waals surface area contributed by atoms with Crippen molar-refractivity contribution in [3.63, 3.8) is 0 Å². The molecule has 1 atom stereocenters. The second-order valence-electron chi connectivity index (χ2n) is 4.91. The molecule has 1 aromatic heterocycles. The number of hydrogen-bond acceptors (Lipinski definition) is 4. The van der Waals surface area contributed by atoms with E-state index in [1.54, 1.807) is 0 Å².